The van der Waals surface area contributed by atoms with E-state index in [1.165, 1.54) is 18.2 Å². The number of aromatic nitrogens is 2. The molecule has 1 heterocycles. The summed E-state index contributed by atoms with van der Waals surface area (Å²) >= 11 is 6.01. The molecule has 0 unspecified atom stereocenters. The van der Waals surface area contributed by atoms with Gasteiger partial charge in [-0.2, -0.15) is 8.42 Å². The zero-order valence-corrected chi connectivity index (χ0v) is 14.6. The highest BCUT2D eigenvalue weighted by atomic mass is 35.5. The van der Waals surface area contributed by atoms with Gasteiger partial charge in [0.1, 0.15) is 10.6 Å². The van der Waals surface area contributed by atoms with Crippen molar-refractivity contribution in [2.45, 2.75) is 18.2 Å². The van der Waals surface area contributed by atoms with E-state index in [4.69, 9.17) is 15.8 Å². The molecule has 0 spiro atoms. The Morgan fingerprint density at radius 2 is 1.84 bits per heavy atom. The van der Waals surface area contributed by atoms with Gasteiger partial charge in [-0.15, -0.1) is 0 Å². The third kappa shape index (κ3) is 3.45. The number of aryl methyl sites for hydroxylation is 1. The largest absolute Gasteiger partial charge is 0.379 e. The van der Waals surface area contributed by atoms with Crippen molar-refractivity contribution in [1.29, 1.82) is 0 Å². The van der Waals surface area contributed by atoms with Crippen LogP contribution in [0.2, 0.25) is 5.02 Å². The lowest BCUT2D eigenvalue weighted by molar-refractivity contribution is 0.486. The van der Waals surface area contributed by atoms with Crippen molar-refractivity contribution in [3.8, 4) is 5.75 Å². The molecule has 0 aliphatic heterocycles. The van der Waals surface area contributed by atoms with Crippen LogP contribution in [0.3, 0.4) is 0 Å². The normalized spacial score (nSPS) is 11.6. The van der Waals surface area contributed by atoms with Gasteiger partial charge in [0.15, 0.2) is 0 Å². The van der Waals surface area contributed by atoms with Gasteiger partial charge >= 0.3 is 15.8 Å². The standard InChI is InChI=1S/C16H13ClN2O5S/c1-2-9-7-10(3-5-13(9)17)24-25(22,23)11-4-6-14-12(8-11)15(20)19-16(21)18-14/h3-8H,2H2,1H3,(H2,18,19,20,21). The van der Waals surface area contributed by atoms with Crippen LogP contribution in [0, 0.1) is 0 Å². The first kappa shape index (κ1) is 17.2. The van der Waals surface area contributed by atoms with Crippen LogP contribution in [0.25, 0.3) is 10.9 Å². The van der Waals surface area contributed by atoms with Crippen LogP contribution in [0.5, 0.6) is 5.75 Å². The average Bonchev–Trinajstić information content (AvgIpc) is 2.56. The van der Waals surface area contributed by atoms with Crippen molar-refractivity contribution in [2.24, 2.45) is 0 Å². The maximum Gasteiger partial charge on any atom is 0.339 e. The second kappa shape index (κ2) is 6.38. The summed E-state index contributed by atoms with van der Waals surface area (Å²) in [5.74, 6) is 0.122. The van der Waals surface area contributed by atoms with Crippen molar-refractivity contribution in [1.82, 2.24) is 9.97 Å². The Labute approximate surface area is 147 Å². The monoisotopic (exact) mass is 380 g/mol. The maximum absolute atomic E-state index is 12.5. The molecular weight excluding hydrogens is 368 g/mol. The Morgan fingerprint density at radius 1 is 1.08 bits per heavy atom. The molecule has 0 bridgehead atoms. The topological polar surface area (TPSA) is 109 Å². The van der Waals surface area contributed by atoms with E-state index in [2.05, 4.69) is 4.98 Å². The number of rotatable bonds is 4. The molecule has 0 atom stereocenters. The third-order valence-corrected chi connectivity index (χ3v) is 5.22. The van der Waals surface area contributed by atoms with E-state index in [-0.39, 0.29) is 21.5 Å². The summed E-state index contributed by atoms with van der Waals surface area (Å²) in [6, 6.07) is 8.29. The minimum atomic E-state index is -4.16. The van der Waals surface area contributed by atoms with E-state index in [1.54, 1.807) is 12.1 Å². The van der Waals surface area contributed by atoms with Crippen molar-refractivity contribution < 1.29 is 12.6 Å². The SMILES string of the molecule is CCc1cc(OS(=O)(=O)c2ccc3[nH]c(=O)[nH]c(=O)c3c2)ccc1Cl. The van der Waals surface area contributed by atoms with Gasteiger partial charge in [0.2, 0.25) is 0 Å². The predicted octanol–water partition coefficient (Wildman–Crippen LogP) is 2.20. The van der Waals surface area contributed by atoms with E-state index < -0.39 is 21.4 Å². The number of nitrogens with one attached hydrogen (secondary N) is 2. The smallest absolute Gasteiger partial charge is 0.339 e. The summed E-state index contributed by atoms with van der Waals surface area (Å²) in [6.07, 6.45) is 0.620. The molecule has 3 aromatic rings. The Morgan fingerprint density at radius 3 is 2.56 bits per heavy atom. The van der Waals surface area contributed by atoms with Gasteiger partial charge in [-0.25, -0.2) is 4.79 Å². The molecule has 0 amide bonds. The Bertz CT molecular complexity index is 1180. The Hall–Kier alpha value is -2.58. The number of halogens is 1. The van der Waals surface area contributed by atoms with Gasteiger partial charge in [-0.05, 0) is 48.4 Å². The van der Waals surface area contributed by atoms with E-state index in [0.29, 0.717) is 11.4 Å². The Kier molecular flexibility index (Phi) is 4.40. The molecule has 1 aromatic heterocycles. The lowest BCUT2D eigenvalue weighted by Crippen LogP contribution is -2.22. The Balaban J connectivity index is 2.04. The zero-order valence-electron chi connectivity index (χ0n) is 13.0. The van der Waals surface area contributed by atoms with Crippen LogP contribution in [0.4, 0.5) is 0 Å². The highest BCUT2D eigenvalue weighted by Gasteiger charge is 2.18. The number of hydrogen-bond acceptors (Lipinski definition) is 5. The van der Waals surface area contributed by atoms with Gasteiger partial charge in [-0.3, -0.25) is 9.78 Å². The van der Waals surface area contributed by atoms with E-state index >= 15 is 0 Å². The van der Waals surface area contributed by atoms with Gasteiger partial charge in [-0.1, -0.05) is 18.5 Å². The van der Waals surface area contributed by atoms with Crippen molar-refractivity contribution in [3.05, 3.63) is 67.8 Å². The minimum Gasteiger partial charge on any atom is -0.379 e. The van der Waals surface area contributed by atoms with Crippen LogP contribution >= 0.6 is 11.6 Å². The van der Waals surface area contributed by atoms with Crippen LogP contribution in [-0.4, -0.2) is 18.4 Å². The summed E-state index contributed by atoms with van der Waals surface area (Å²) < 4.78 is 30.1. The van der Waals surface area contributed by atoms with E-state index in [9.17, 15) is 18.0 Å². The first-order valence-corrected chi connectivity index (χ1v) is 9.08. The number of fused-ring (bicyclic) bond motifs is 1. The summed E-state index contributed by atoms with van der Waals surface area (Å²) in [6.45, 7) is 1.88. The van der Waals surface area contributed by atoms with Crippen LogP contribution < -0.4 is 15.4 Å². The summed E-state index contributed by atoms with van der Waals surface area (Å²) in [5.41, 5.74) is -0.373. The van der Waals surface area contributed by atoms with E-state index in [1.807, 2.05) is 11.9 Å². The molecule has 0 fully saturated rings. The summed E-state index contributed by atoms with van der Waals surface area (Å²) in [4.78, 5) is 27.3. The zero-order chi connectivity index (χ0) is 18.2. The predicted molar refractivity (Wildman–Crippen MR) is 93.8 cm³/mol. The molecule has 0 saturated carbocycles. The molecule has 25 heavy (non-hydrogen) atoms. The lowest BCUT2D eigenvalue weighted by Gasteiger charge is -2.09. The van der Waals surface area contributed by atoms with Crippen LogP contribution in [0.1, 0.15) is 12.5 Å². The highest BCUT2D eigenvalue weighted by Crippen LogP contribution is 2.25. The van der Waals surface area contributed by atoms with Gasteiger partial charge in [0, 0.05) is 5.02 Å². The second-order valence-electron chi connectivity index (χ2n) is 5.26. The molecule has 2 N–H and O–H groups in total. The molecule has 2 aromatic carbocycles. The minimum absolute atomic E-state index is 0.0367. The van der Waals surface area contributed by atoms with E-state index in [0.717, 1.165) is 11.6 Å². The maximum atomic E-state index is 12.5. The first-order chi connectivity index (χ1) is 11.8. The molecule has 0 saturated heterocycles. The van der Waals surface area contributed by atoms with Gasteiger partial charge in [0.05, 0.1) is 10.9 Å². The molecule has 3 rings (SSSR count). The second-order valence-corrected chi connectivity index (χ2v) is 7.21. The van der Waals surface area contributed by atoms with Crippen LogP contribution in [-0.2, 0) is 16.5 Å². The van der Waals surface area contributed by atoms with Gasteiger partial charge in [0.25, 0.3) is 5.56 Å². The molecule has 130 valence electrons. The molecule has 7 nitrogen and oxygen atoms in total. The number of hydrogen-bond donors (Lipinski definition) is 2. The molecule has 9 heteroatoms. The molecular formula is C16H13ClN2O5S. The van der Waals surface area contributed by atoms with Crippen molar-refractivity contribution in [3.63, 3.8) is 0 Å². The van der Waals surface area contributed by atoms with Crippen LogP contribution in [0.15, 0.2) is 50.9 Å². The fraction of sp³-hybridized carbons (Fsp3) is 0.125. The number of H-pyrrole nitrogens is 2. The molecule has 0 aliphatic carbocycles. The summed E-state index contributed by atoms with van der Waals surface area (Å²) in [5, 5.41) is 0.558. The summed E-state index contributed by atoms with van der Waals surface area (Å²) in [7, 11) is -4.16. The highest BCUT2D eigenvalue weighted by molar-refractivity contribution is 7.87. The molecule has 0 radical (unpaired) electrons. The van der Waals surface area contributed by atoms with Gasteiger partial charge < -0.3 is 9.17 Å². The lowest BCUT2D eigenvalue weighted by atomic mass is 10.2. The molecule has 0 aliphatic rings. The quantitative estimate of drug-likeness (QED) is 0.674. The average molecular weight is 381 g/mol. The van der Waals surface area contributed by atoms with Crippen molar-refractivity contribution in [2.75, 3.05) is 0 Å². The first-order valence-electron chi connectivity index (χ1n) is 7.29. The number of benzene rings is 2. The third-order valence-electron chi connectivity index (χ3n) is 3.60. The fourth-order valence-electron chi connectivity index (χ4n) is 2.35. The fourth-order valence-corrected chi connectivity index (χ4v) is 3.55. The van der Waals surface area contributed by atoms with Crippen molar-refractivity contribution >= 4 is 32.6 Å². The number of aromatic amines is 2.